The average molecular weight is 365 g/mol. The molecule has 1 aliphatic heterocycles. The van der Waals surface area contributed by atoms with E-state index in [0.29, 0.717) is 17.6 Å². The number of hydrogen-bond acceptors (Lipinski definition) is 6. The number of nitrogens with zero attached hydrogens (tertiary/aromatic N) is 3. The summed E-state index contributed by atoms with van der Waals surface area (Å²) in [6.07, 6.45) is 1.17. The molecule has 24 heavy (non-hydrogen) atoms. The number of likely N-dealkylation sites (tertiary alicyclic amines) is 1. The van der Waals surface area contributed by atoms with Crippen LogP contribution in [0.3, 0.4) is 0 Å². The van der Waals surface area contributed by atoms with Gasteiger partial charge in [-0.15, -0.1) is 11.3 Å². The molecule has 0 unspecified atom stereocenters. The maximum absolute atomic E-state index is 12.4. The summed E-state index contributed by atoms with van der Waals surface area (Å²) in [5, 5.41) is 10.8. The zero-order chi connectivity index (χ0) is 17.3. The molecule has 0 bridgehead atoms. The van der Waals surface area contributed by atoms with Gasteiger partial charge in [-0.1, -0.05) is 25.6 Å². The number of nitro groups is 1. The Morgan fingerprint density at radius 1 is 1.42 bits per heavy atom. The van der Waals surface area contributed by atoms with Crippen LogP contribution in [-0.2, 0) is 4.79 Å². The number of amides is 1. The zero-order valence-electron chi connectivity index (χ0n) is 13.6. The normalized spacial score (nSPS) is 21.2. The summed E-state index contributed by atoms with van der Waals surface area (Å²) in [4.78, 5) is 29.2. The third-order valence-electron chi connectivity index (χ3n) is 4.10. The Morgan fingerprint density at radius 2 is 2.12 bits per heavy atom. The lowest BCUT2D eigenvalue weighted by atomic mass is 9.92. The number of nitro benzene ring substituents is 1. The fourth-order valence-electron chi connectivity index (χ4n) is 3.15. The summed E-state index contributed by atoms with van der Waals surface area (Å²) in [5.74, 6) is 1.60. The van der Waals surface area contributed by atoms with E-state index < -0.39 is 4.92 Å². The van der Waals surface area contributed by atoms with Gasteiger partial charge in [0, 0.05) is 25.2 Å². The van der Waals surface area contributed by atoms with E-state index in [1.165, 1.54) is 41.7 Å². The minimum Gasteiger partial charge on any atom is -0.341 e. The van der Waals surface area contributed by atoms with Gasteiger partial charge in [0.1, 0.15) is 0 Å². The summed E-state index contributed by atoms with van der Waals surface area (Å²) in [5.41, 5.74) is 0.802. The maximum atomic E-state index is 12.4. The molecule has 0 spiro atoms. The van der Waals surface area contributed by atoms with Gasteiger partial charge < -0.3 is 4.90 Å². The van der Waals surface area contributed by atoms with Crippen LogP contribution < -0.4 is 0 Å². The number of piperidine rings is 1. The molecule has 1 aromatic heterocycles. The fourth-order valence-corrected chi connectivity index (χ4v) is 5.15. The Bertz CT molecular complexity index is 767. The van der Waals surface area contributed by atoms with E-state index in [9.17, 15) is 14.9 Å². The molecule has 8 heteroatoms. The molecule has 3 rings (SSSR count). The lowest BCUT2D eigenvalue weighted by molar-refractivity contribution is -0.384. The van der Waals surface area contributed by atoms with E-state index >= 15 is 0 Å². The minimum absolute atomic E-state index is 0.0649. The highest BCUT2D eigenvalue weighted by molar-refractivity contribution is 8.01. The zero-order valence-corrected chi connectivity index (χ0v) is 15.2. The predicted octanol–water partition coefficient (Wildman–Crippen LogP) is 3.80. The van der Waals surface area contributed by atoms with Crippen LogP contribution in [0, 0.1) is 22.0 Å². The third kappa shape index (κ3) is 3.87. The molecular formula is C16H19N3O3S2. The molecule has 2 heterocycles. The Morgan fingerprint density at radius 3 is 2.79 bits per heavy atom. The van der Waals surface area contributed by atoms with Crippen LogP contribution in [-0.4, -0.2) is 39.6 Å². The number of fused-ring (bicyclic) bond motifs is 1. The quantitative estimate of drug-likeness (QED) is 0.468. The summed E-state index contributed by atoms with van der Waals surface area (Å²) in [7, 11) is 0. The second kappa shape index (κ2) is 7.06. The molecule has 0 aliphatic carbocycles. The lowest BCUT2D eigenvalue weighted by Gasteiger charge is -2.34. The van der Waals surface area contributed by atoms with Gasteiger partial charge in [0.2, 0.25) is 5.91 Å². The van der Waals surface area contributed by atoms with Crippen molar-refractivity contribution in [2.24, 2.45) is 11.8 Å². The van der Waals surface area contributed by atoms with Crippen molar-refractivity contribution in [3.63, 3.8) is 0 Å². The Hall–Kier alpha value is -1.67. The molecule has 6 nitrogen and oxygen atoms in total. The molecule has 2 aromatic rings. The largest absolute Gasteiger partial charge is 0.341 e. The molecule has 1 amide bonds. The van der Waals surface area contributed by atoms with Gasteiger partial charge in [-0.2, -0.15) is 0 Å². The van der Waals surface area contributed by atoms with Crippen molar-refractivity contribution in [1.29, 1.82) is 0 Å². The number of non-ortho nitro benzene ring substituents is 1. The molecule has 0 saturated carbocycles. The van der Waals surface area contributed by atoms with Crippen LogP contribution in [0.25, 0.3) is 10.2 Å². The second-order valence-electron chi connectivity index (χ2n) is 6.42. The highest BCUT2D eigenvalue weighted by atomic mass is 32.2. The molecule has 1 saturated heterocycles. The van der Waals surface area contributed by atoms with Gasteiger partial charge >= 0.3 is 0 Å². The number of thiazole rings is 1. The number of rotatable bonds is 4. The van der Waals surface area contributed by atoms with Gasteiger partial charge in [-0.25, -0.2) is 4.98 Å². The van der Waals surface area contributed by atoms with Crippen molar-refractivity contribution in [2.45, 2.75) is 24.6 Å². The van der Waals surface area contributed by atoms with E-state index in [1.54, 1.807) is 6.07 Å². The SMILES string of the molecule is C[C@H]1C[C@H](C)CN(C(=O)CSc2nc3ccc([N+](=O)[O-])cc3s2)C1. The number of benzene rings is 1. The Labute approximate surface area is 148 Å². The van der Waals surface area contributed by atoms with Crippen LogP contribution in [0.1, 0.15) is 20.3 Å². The molecule has 1 aromatic carbocycles. The number of carbonyl (C=O) groups is 1. The van der Waals surface area contributed by atoms with Gasteiger partial charge in [0.15, 0.2) is 4.34 Å². The third-order valence-corrected chi connectivity index (χ3v) is 6.25. The van der Waals surface area contributed by atoms with Crippen LogP contribution in [0.15, 0.2) is 22.5 Å². The van der Waals surface area contributed by atoms with E-state index in [4.69, 9.17) is 0 Å². The van der Waals surface area contributed by atoms with E-state index in [0.717, 1.165) is 27.6 Å². The fraction of sp³-hybridized carbons (Fsp3) is 0.500. The molecule has 1 fully saturated rings. The van der Waals surface area contributed by atoms with E-state index in [1.807, 2.05) is 4.90 Å². The van der Waals surface area contributed by atoms with Crippen LogP contribution in [0.2, 0.25) is 0 Å². The van der Waals surface area contributed by atoms with Gasteiger partial charge in [0.05, 0.1) is 20.9 Å². The smallest absolute Gasteiger partial charge is 0.270 e. The Balaban J connectivity index is 1.64. The van der Waals surface area contributed by atoms with Crippen molar-refractivity contribution >= 4 is 44.9 Å². The minimum atomic E-state index is -0.409. The van der Waals surface area contributed by atoms with Gasteiger partial charge in [0.25, 0.3) is 5.69 Å². The second-order valence-corrected chi connectivity index (χ2v) is 8.68. The molecular weight excluding hydrogens is 346 g/mol. The summed E-state index contributed by atoms with van der Waals surface area (Å²) in [6, 6.07) is 4.65. The summed E-state index contributed by atoms with van der Waals surface area (Å²) in [6.45, 7) is 6.03. The van der Waals surface area contributed by atoms with Crippen molar-refractivity contribution in [3.05, 3.63) is 28.3 Å². The molecule has 0 N–H and O–H groups in total. The van der Waals surface area contributed by atoms with Crippen molar-refractivity contribution in [1.82, 2.24) is 9.88 Å². The van der Waals surface area contributed by atoms with E-state index in [2.05, 4.69) is 18.8 Å². The van der Waals surface area contributed by atoms with Crippen molar-refractivity contribution < 1.29 is 9.72 Å². The first-order chi connectivity index (χ1) is 11.4. The number of aromatic nitrogens is 1. The number of thioether (sulfide) groups is 1. The van der Waals surface area contributed by atoms with Crippen LogP contribution in [0.4, 0.5) is 5.69 Å². The molecule has 0 radical (unpaired) electrons. The topological polar surface area (TPSA) is 76.3 Å². The highest BCUT2D eigenvalue weighted by Crippen LogP contribution is 2.32. The lowest BCUT2D eigenvalue weighted by Crippen LogP contribution is -2.43. The molecule has 128 valence electrons. The van der Waals surface area contributed by atoms with Crippen molar-refractivity contribution in [2.75, 3.05) is 18.8 Å². The van der Waals surface area contributed by atoms with Gasteiger partial charge in [-0.05, 0) is 24.3 Å². The Kier molecular flexibility index (Phi) is 5.05. The van der Waals surface area contributed by atoms with Gasteiger partial charge in [-0.3, -0.25) is 14.9 Å². The average Bonchev–Trinajstić information content (AvgIpc) is 2.93. The van der Waals surface area contributed by atoms with Crippen LogP contribution >= 0.6 is 23.1 Å². The first kappa shape index (κ1) is 17.2. The van der Waals surface area contributed by atoms with E-state index in [-0.39, 0.29) is 11.6 Å². The molecule has 1 aliphatic rings. The first-order valence-electron chi connectivity index (χ1n) is 7.88. The molecule has 2 atom stereocenters. The van der Waals surface area contributed by atoms with Crippen LogP contribution in [0.5, 0.6) is 0 Å². The van der Waals surface area contributed by atoms with Crippen molar-refractivity contribution in [3.8, 4) is 0 Å². The first-order valence-corrected chi connectivity index (χ1v) is 9.68. The monoisotopic (exact) mass is 365 g/mol. The summed E-state index contributed by atoms with van der Waals surface area (Å²) >= 11 is 2.81. The number of hydrogen-bond donors (Lipinski definition) is 0. The maximum Gasteiger partial charge on any atom is 0.270 e. The highest BCUT2D eigenvalue weighted by Gasteiger charge is 2.25. The summed E-state index contributed by atoms with van der Waals surface area (Å²) < 4.78 is 1.55. The standard InChI is InChI=1S/C16H19N3O3S2/c1-10-5-11(2)8-18(7-10)15(20)9-23-16-17-13-4-3-12(19(21)22)6-14(13)24-16/h3-4,6,10-11H,5,7-9H2,1-2H3/t10-,11-/m0/s1. The number of carbonyl (C=O) groups excluding carboxylic acids is 1. The predicted molar refractivity (Wildman–Crippen MR) is 96.5 cm³/mol.